The number of benzene rings is 1. The topological polar surface area (TPSA) is 48.7 Å². The Morgan fingerprint density at radius 3 is 2.47 bits per heavy atom. The van der Waals surface area contributed by atoms with Crippen molar-refractivity contribution in [3.05, 3.63) is 46.9 Å². The molecule has 1 aliphatic rings. The molecule has 0 bridgehead atoms. The third kappa shape index (κ3) is 2.10. The first kappa shape index (κ1) is 11.8. The van der Waals surface area contributed by atoms with Crippen molar-refractivity contribution in [3.8, 4) is 11.5 Å². The fourth-order valence-corrected chi connectivity index (χ4v) is 2.01. The molecule has 0 saturated carbocycles. The third-order valence-corrected chi connectivity index (χ3v) is 3.19. The highest BCUT2D eigenvalue weighted by atomic mass is 16.6. The quantitative estimate of drug-likeness (QED) is 0.777. The van der Waals surface area contributed by atoms with Crippen LogP contribution in [0.15, 0.2) is 28.7 Å². The predicted octanol–water partition coefficient (Wildman–Crippen LogP) is 2.90. The smallest absolute Gasteiger partial charge is 0.228 e. The minimum atomic E-state index is -0.145. The molecule has 4 nitrogen and oxygen atoms in total. The molecule has 4 heteroatoms. The van der Waals surface area contributed by atoms with E-state index >= 15 is 0 Å². The van der Waals surface area contributed by atoms with Crippen LogP contribution in [0.2, 0.25) is 0 Å². The van der Waals surface area contributed by atoms with Gasteiger partial charge in [0.2, 0.25) is 5.78 Å². The molecule has 98 valence electrons. The molecule has 2 aromatic rings. The van der Waals surface area contributed by atoms with E-state index in [9.17, 15) is 4.79 Å². The number of carbonyl (C=O) groups is 1. The summed E-state index contributed by atoms with van der Waals surface area (Å²) >= 11 is 0. The summed E-state index contributed by atoms with van der Waals surface area (Å²) in [4.78, 5) is 12.3. The molecule has 0 radical (unpaired) electrons. The highest BCUT2D eigenvalue weighted by Gasteiger charge is 2.18. The summed E-state index contributed by atoms with van der Waals surface area (Å²) in [6.07, 6.45) is 0. The summed E-state index contributed by atoms with van der Waals surface area (Å²) in [7, 11) is 0. The van der Waals surface area contributed by atoms with Crippen LogP contribution < -0.4 is 9.47 Å². The monoisotopic (exact) mass is 258 g/mol. The van der Waals surface area contributed by atoms with E-state index in [1.807, 2.05) is 13.8 Å². The predicted molar refractivity (Wildman–Crippen MR) is 69.0 cm³/mol. The van der Waals surface area contributed by atoms with Gasteiger partial charge in [-0.05, 0) is 43.7 Å². The van der Waals surface area contributed by atoms with E-state index in [1.165, 1.54) is 0 Å². The molecule has 1 aromatic carbocycles. The summed E-state index contributed by atoms with van der Waals surface area (Å²) < 4.78 is 16.4. The van der Waals surface area contributed by atoms with Crippen LogP contribution in [0.5, 0.6) is 11.5 Å². The van der Waals surface area contributed by atoms with E-state index in [0.29, 0.717) is 36.0 Å². The average Bonchev–Trinajstić information content (AvgIpc) is 2.77. The van der Waals surface area contributed by atoms with Gasteiger partial charge in [-0.15, -0.1) is 0 Å². The van der Waals surface area contributed by atoms with E-state index in [-0.39, 0.29) is 5.78 Å². The van der Waals surface area contributed by atoms with Crippen LogP contribution in [0.4, 0.5) is 0 Å². The molecule has 1 aliphatic heterocycles. The van der Waals surface area contributed by atoms with Crippen LogP contribution in [-0.4, -0.2) is 19.0 Å². The molecule has 0 amide bonds. The van der Waals surface area contributed by atoms with Crippen molar-refractivity contribution in [2.24, 2.45) is 0 Å². The third-order valence-electron chi connectivity index (χ3n) is 3.19. The van der Waals surface area contributed by atoms with Crippen molar-refractivity contribution in [2.45, 2.75) is 13.8 Å². The SMILES string of the molecule is Cc1cc(C(=O)c2ccc3c(c2)OCCO3)oc1C. The molecule has 0 unspecified atom stereocenters. The second-order valence-electron chi connectivity index (χ2n) is 4.54. The Morgan fingerprint density at radius 2 is 1.79 bits per heavy atom. The number of hydrogen-bond acceptors (Lipinski definition) is 4. The van der Waals surface area contributed by atoms with E-state index < -0.39 is 0 Å². The number of furan rings is 1. The molecular formula is C15H14O4. The first-order valence-corrected chi connectivity index (χ1v) is 6.16. The summed E-state index contributed by atoms with van der Waals surface area (Å²) in [5.74, 6) is 2.26. The molecule has 0 saturated heterocycles. The van der Waals surface area contributed by atoms with Gasteiger partial charge in [-0.1, -0.05) is 0 Å². The fraction of sp³-hybridized carbons (Fsp3) is 0.267. The number of hydrogen-bond donors (Lipinski definition) is 0. The van der Waals surface area contributed by atoms with Gasteiger partial charge in [-0.2, -0.15) is 0 Å². The summed E-state index contributed by atoms with van der Waals surface area (Å²) in [6, 6.07) is 6.94. The summed E-state index contributed by atoms with van der Waals surface area (Å²) in [6.45, 7) is 4.80. The second kappa shape index (κ2) is 4.46. The molecule has 1 aromatic heterocycles. The highest BCUT2D eigenvalue weighted by molar-refractivity contribution is 6.07. The van der Waals surface area contributed by atoms with Gasteiger partial charge < -0.3 is 13.9 Å². The molecule has 0 aliphatic carbocycles. The fourth-order valence-electron chi connectivity index (χ4n) is 2.01. The first-order chi connectivity index (χ1) is 9.15. The molecule has 0 fully saturated rings. The number of aryl methyl sites for hydroxylation is 2. The lowest BCUT2D eigenvalue weighted by atomic mass is 10.1. The van der Waals surface area contributed by atoms with Gasteiger partial charge in [-0.3, -0.25) is 4.79 Å². The zero-order valence-electron chi connectivity index (χ0n) is 10.9. The van der Waals surface area contributed by atoms with Gasteiger partial charge >= 0.3 is 0 Å². The zero-order valence-corrected chi connectivity index (χ0v) is 10.9. The normalized spacial score (nSPS) is 13.4. The van der Waals surface area contributed by atoms with Crippen molar-refractivity contribution in [2.75, 3.05) is 13.2 Å². The lowest BCUT2D eigenvalue weighted by Gasteiger charge is -2.18. The number of ketones is 1. The molecule has 0 N–H and O–H groups in total. The minimum Gasteiger partial charge on any atom is -0.486 e. The van der Waals surface area contributed by atoms with Crippen LogP contribution >= 0.6 is 0 Å². The Labute approximate surface area is 110 Å². The van der Waals surface area contributed by atoms with Gasteiger partial charge in [-0.25, -0.2) is 0 Å². The van der Waals surface area contributed by atoms with E-state index in [0.717, 1.165) is 11.3 Å². The van der Waals surface area contributed by atoms with Gasteiger partial charge in [0.25, 0.3) is 0 Å². The van der Waals surface area contributed by atoms with Crippen LogP contribution in [0, 0.1) is 13.8 Å². The lowest BCUT2D eigenvalue weighted by molar-refractivity contribution is 0.101. The van der Waals surface area contributed by atoms with Crippen LogP contribution in [0.3, 0.4) is 0 Å². The van der Waals surface area contributed by atoms with Crippen molar-refractivity contribution < 1.29 is 18.7 Å². The lowest BCUT2D eigenvalue weighted by Crippen LogP contribution is -2.15. The summed E-state index contributed by atoms with van der Waals surface area (Å²) in [5.41, 5.74) is 1.51. The van der Waals surface area contributed by atoms with Crippen molar-refractivity contribution in [1.29, 1.82) is 0 Å². The standard InChI is InChI=1S/C15H14O4/c1-9-7-14(19-10(9)2)15(16)11-3-4-12-13(8-11)18-6-5-17-12/h3-4,7-8H,5-6H2,1-2H3. The molecule has 19 heavy (non-hydrogen) atoms. The van der Waals surface area contributed by atoms with Crippen molar-refractivity contribution in [3.63, 3.8) is 0 Å². The zero-order chi connectivity index (χ0) is 13.4. The second-order valence-corrected chi connectivity index (χ2v) is 4.54. The minimum absolute atomic E-state index is 0.145. The Hall–Kier alpha value is -2.23. The van der Waals surface area contributed by atoms with E-state index in [1.54, 1.807) is 24.3 Å². The van der Waals surface area contributed by atoms with Gasteiger partial charge in [0.15, 0.2) is 17.3 Å². The van der Waals surface area contributed by atoms with E-state index in [4.69, 9.17) is 13.9 Å². The number of rotatable bonds is 2. The first-order valence-electron chi connectivity index (χ1n) is 6.16. The number of fused-ring (bicyclic) bond motifs is 1. The van der Waals surface area contributed by atoms with Gasteiger partial charge in [0.1, 0.15) is 19.0 Å². The molecule has 0 atom stereocenters. The van der Waals surface area contributed by atoms with E-state index in [2.05, 4.69) is 0 Å². The number of ether oxygens (including phenoxy) is 2. The van der Waals surface area contributed by atoms with Crippen molar-refractivity contribution in [1.82, 2.24) is 0 Å². The Kier molecular flexibility index (Phi) is 2.78. The van der Waals surface area contributed by atoms with Crippen LogP contribution in [-0.2, 0) is 0 Å². The highest BCUT2D eigenvalue weighted by Crippen LogP contribution is 2.31. The largest absolute Gasteiger partial charge is 0.486 e. The maximum atomic E-state index is 12.3. The van der Waals surface area contributed by atoms with Gasteiger partial charge in [0, 0.05) is 5.56 Å². The maximum absolute atomic E-state index is 12.3. The number of carbonyl (C=O) groups excluding carboxylic acids is 1. The molecule has 2 heterocycles. The average molecular weight is 258 g/mol. The van der Waals surface area contributed by atoms with Gasteiger partial charge in [0.05, 0.1) is 0 Å². The molecule has 3 rings (SSSR count). The Balaban J connectivity index is 1.95. The van der Waals surface area contributed by atoms with Crippen LogP contribution in [0.25, 0.3) is 0 Å². The maximum Gasteiger partial charge on any atom is 0.228 e. The summed E-state index contributed by atoms with van der Waals surface area (Å²) in [5, 5.41) is 0. The molecular weight excluding hydrogens is 244 g/mol. The van der Waals surface area contributed by atoms with Crippen molar-refractivity contribution >= 4 is 5.78 Å². The van der Waals surface area contributed by atoms with Crippen LogP contribution in [0.1, 0.15) is 27.4 Å². The Morgan fingerprint density at radius 1 is 1.05 bits per heavy atom. The Bertz CT molecular complexity index is 620. The molecule has 0 spiro atoms.